The minimum Gasteiger partial charge on any atom is -0.378 e. The van der Waals surface area contributed by atoms with Gasteiger partial charge in [-0.3, -0.25) is 0 Å². The van der Waals surface area contributed by atoms with Crippen LogP contribution in [0.5, 0.6) is 0 Å². The van der Waals surface area contributed by atoms with Gasteiger partial charge >= 0.3 is 0 Å². The molecule has 2 heterocycles. The van der Waals surface area contributed by atoms with Crippen molar-refractivity contribution < 1.29 is 0 Å². The lowest BCUT2D eigenvalue weighted by atomic mass is 10.2. The predicted molar refractivity (Wildman–Crippen MR) is 85.9 cm³/mol. The zero-order chi connectivity index (χ0) is 12.5. The van der Waals surface area contributed by atoms with Crippen LogP contribution in [0.15, 0.2) is 45.6 Å². The second-order valence-electron chi connectivity index (χ2n) is 4.17. The number of thiophene rings is 2. The van der Waals surface area contributed by atoms with Crippen LogP contribution >= 0.6 is 38.6 Å². The van der Waals surface area contributed by atoms with Gasteiger partial charge in [0.25, 0.3) is 0 Å². The third-order valence-corrected chi connectivity index (χ3v) is 5.83. The zero-order valence-corrected chi connectivity index (χ0v) is 13.0. The number of hydrogen-bond donors (Lipinski definition) is 1. The molecule has 1 unspecified atom stereocenters. The van der Waals surface area contributed by atoms with Gasteiger partial charge in [0.15, 0.2) is 0 Å². The summed E-state index contributed by atoms with van der Waals surface area (Å²) in [5, 5.41) is 9.10. The topological polar surface area (TPSA) is 12.0 Å². The molecule has 1 atom stereocenters. The van der Waals surface area contributed by atoms with Crippen LogP contribution in [0.4, 0.5) is 5.69 Å². The lowest BCUT2D eigenvalue weighted by Crippen LogP contribution is -2.05. The average Bonchev–Trinajstić information content (AvgIpc) is 2.96. The van der Waals surface area contributed by atoms with Crippen LogP contribution in [0.1, 0.15) is 17.8 Å². The maximum absolute atomic E-state index is 3.59. The minimum atomic E-state index is 0.315. The molecule has 3 aromatic rings. The average molecular weight is 338 g/mol. The van der Waals surface area contributed by atoms with E-state index in [-0.39, 0.29) is 0 Å². The summed E-state index contributed by atoms with van der Waals surface area (Å²) in [5.41, 5.74) is 1.17. The fraction of sp³-hybridized carbons (Fsp3) is 0.143. The number of benzene rings is 1. The fourth-order valence-electron chi connectivity index (χ4n) is 1.99. The summed E-state index contributed by atoms with van der Waals surface area (Å²) < 4.78 is 2.52. The Hall–Kier alpha value is -0.840. The van der Waals surface area contributed by atoms with Gasteiger partial charge in [-0.25, -0.2) is 0 Å². The molecule has 0 aliphatic carbocycles. The van der Waals surface area contributed by atoms with Crippen LogP contribution in [-0.2, 0) is 0 Å². The van der Waals surface area contributed by atoms with Gasteiger partial charge in [-0.15, -0.1) is 22.7 Å². The summed E-state index contributed by atoms with van der Waals surface area (Å²) >= 11 is 7.14. The Kier molecular flexibility index (Phi) is 3.41. The number of nitrogens with one attached hydrogen (secondary N) is 1. The molecule has 0 radical (unpaired) electrons. The normalized spacial score (nSPS) is 12.8. The van der Waals surface area contributed by atoms with Crippen LogP contribution in [0.2, 0.25) is 0 Å². The van der Waals surface area contributed by atoms with Crippen molar-refractivity contribution in [3.05, 3.63) is 50.4 Å². The molecule has 2 aromatic heterocycles. The van der Waals surface area contributed by atoms with Crippen LogP contribution in [0, 0.1) is 0 Å². The third kappa shape index (κ3) is 2.32. The zero-order valence-electron chi connectivity index (χ0n) is 9.81. The number of fused-ring (bicyclic) bond motifs is 1. The molecule has 18 heavy (non-hydrogen) atoms. The van der Waals surface area contributed by atoms with Crippen LogP contribution in [-0.4, -0.2) is 0 Å². The van der Waals surface area contributed by atoms with Crippen molar-refractivity contribution in [1.82, 2.24) is 0 Å². The molecule has 0 saturated carbocycles. The Morgan fingerprint density at radius 1 is 1.11 bits per heavy atom. The molecule has 0 spiro atoms. The molecular weight excluding hydrogens is 326 g/mol. The monoisotopic (exact) mass is 337 g/mol. The first-order chi connectivity index (χ1) is 8.74. The Balaban J connectivity index is 1.85. The molecule has 1 aromatic carbocycles. The predicted octanol–water partition coefficient (Wildman–Crippen LogP) is 5.90. The Morgan fingerprint density at radius 2 is 1.94 bits per heavy atom. The first-order valence-corrected chi connectivity index (χ1v) is 8.26. The number of rotatable bonds is 3. The molecule has 0 aliphatic heterocycles. The Labute approximate surface area is 123 Å². The van der Waals surface area contributed by atoms with E-state index in [1.165, 1.54) is 25.1 Å². The second kappa shape index (κ2) is 5.03. The maximum Gasteiger partial charge on any atom is 0.0589 e. The van der Waals surface area contributed by atoms with Crippen molar-refractivity contribution in [2.75, 3.05) is 5.32 Å². The molecule has 92 valence electrons. The van der Waals surface area contributed by atoms with Crippen molar-refractivity contribution in [2.24, 2.45) is 0 Å². The van der Waals surface area contributed by atoms with Crippen molar-refractivity contribution in [1.29, 1.82) is 0 Å². The second-order valence-corrected chi connectivity index (χ2v) is 6.92. The van der Waals surface area contributed by atoms with Gasteiger partial charge in [0.2, 0.25) is 0 Å². The van der Waals surface area contributed by atoms with Crippen molar-refractivity contribution in [3.8, 4) is 0 Å². The highest BCUT2D eigenvalue weighted by molar-refractivity contribution is 9.10. The van der Waals surface area contributed by atoms with Gasteiger partial charge < -0.3 is 5.32 Å². The van der Waals surface area contributed by atoms with E-state index >= 15 is 0 Å². The lowest BCUT2D eigenvalue weighted by molar-refractivity contribution is 0.904. The van der Waals surface area contributed by atoms with Gasteiger partial charge in [0, 0.05) is 19.7 Å². The van der Waals surface area contributed by atoms with E-state index in [4.69, 9.17) is 0 Å². The SMILES string of the molecule is CC(Nc1ccc2sccc2c1)c1sccc1Br. The highest BCUT2D eigenvalue weighted by Crippen LogP contribution is 2.32. The molecule has 4 heteroatoms. The molecular formula is C14H12BrNS2. The lowest BCUT2D eigenvalue weighted by Gasteiger charge is -2.14. The van der Waals surface area contributed by atoms with Crippen LogP contribution < -0.4 is 5.32 Å². The van der Waals surface area contributed by atoms with Crippen LogP contribution in [0.25, 0.3) is 10.1 Å². The van der Waals surface area contributed by atoms with Gasteiger partial charge in [-0.2, -0.15) is 0 Å². The Bertz CT molecular complexity index is 671. The summed E-state index contributed by atoms with van der Waals surface area (Å²) in [6.45, 7) is 2.19. The number of hydrogen-bond acceptors (Lipinski definition) is 3. The number of halogens is 1. The van der Waals surface area contributed by atoms with Gasteiger partial charge in [-0.05, 0) is 69.3 Å². The summed E-state index contributed by atoms with van der Waals surface area (Å²) in [6.07, 6.45) is 0. The largest absolute Gasteiger partial charge is 0.378 e. The summed E-state index contributed by atoms with van der Waals surface area (Å²) in [5.74, 6) is 0. The molecule has 0 amide bonds. The van der Waals surface area contributed by atoms with E-state index in [0.29, 0.717) is 6.04 Å². The Morgan fingerprint density at radius 3 is 2.72 bits per heavy atom. The minimum absolute atomic E-state index is 0.315. The molecule has 0 bridgehead atoms. The van der Waals surface area contributed by atoms with E-state index < -0.39 is 0 Å². The molecule has 0 fully saturated rings. The van der Waals surface area contributed by atoms with Gasteiger partial charge in [0.05, 0.1) is 6.04 Å². The molecule has 0 aliphatic rings. The van der Waals surface area contributed by atoms with Crippen molar-refractivity contribution in [2.45, 2.75) is 13.0 Å². The van der Waals surface area contributed by atoms with Gasteiger partial charge in [0.1, 0.15) is 0 Å². The first kappa shape index (κ1) is 12.2. The van der Waals surface area contributed by atoms with Crippen molar-refractivity contribution >= 4 is 54.4 Å². The van der Waals surface area contributed by atoms with Crippen LogP contribution in [0.3, 0.4) is 0 Å². The third-order valence-electron chi connectivity index (χ3n) is 2.87. The molecule has 3 rings (SSSR count). The van der Waals surface area contributed by atoms with E-state index in [9.17, 15) is 0 Å². The highest BCUT2D eigenvalue weighted by Gasteiger charge is 2.10. The van der Waals surface area contributed by atoms with Crippen molar-refractivity contribution in [3.63, 3.8) is 0 Å². The standard InChI is InChI=1S/C14H12BrNS2/c1-9(14-12(15)5-7-18-14)16-11-2-3-13-10(8-11)4-6-17-13/h2-9,16H,1H3. The summed E-state index contributed by atoms with van der Waals surface area (Å²) in [4.78, 5) is 1.33. The smallest absolute Gasteiger partial charge is 0.0589 e. The molecule has 1 nitrogen and oxygen atoms in total. The fourth-order valence-corrected chi connectivity index (χ4v) is 4.48. The maximum atomic E-state index is 3.59. The quantitative estimate of drug-likeness (QED) is 0.627. The van der Waals surface area contributed by atoms with E-state index in [0.717, 1.165) is 0 Å². The molecule has 0 saturated heterocycles. The highest BCUT2D eigenvalue weighted by atomic mass is 79.9. The summed E-state index contributed by atoms with van der Waals surface area (Å²) in [6, 6.07) is 11.1. The summed E-state index contributed by atoms with van der Waals surface area (Å²) in [7, 11) is 0. The van der Waals surface area contributed by atoms with Gasteiger partial charge in [-0.1, -0.05) is 0 Å². The van der Waals surface area contributed by atoms with E-state index in [1.54, 1.807) is 22.7 Å². The first-order valence-electron chi connectivity index (χ1n) is 5.71. The van der Waals surface area contributed by atoms with E-state index in [2.05, 4.69) is 69.3 Å². The number of anilines is 1. The van der Waals surface area contributed by atoms with E-state index in [1.807, 2.05) is 0 Å². The molecule has 1 N–H and O–H groups in total.